The van der Waals surface area contributed by atoms with Crippen molar-refractivity contribution in [3.05, 3.63) is 47.8 Å². The van der Waals surface area contributed by atoms with Gasteiger partial charge in [0.1, 0.15) is 0 Å². The first kappa shape index (κ1) is 20.8. The predicted molar refractivity (Wildman–Crippen MR) is 120 cm³/mol. The Hall–Kier alpha value is -3.46. The summed E-state index contributed by atoms with van der Waals surface area (Å²) >= 11 is 0. The summed E-state index contributed by atoms with van der Waals surface area (Å²) in [5, 5.41) is 12.0. The molecular weight excluding hydrogens is 394 g/mol. The van der Waals surface area contributed by atoms with E-state index in [9.17, 15) is 4.79 Å². The molecule has 0 saturated carbocycles. The molecule has 1 aliphatic heterocycles. The Morgan fingerprint density at radius 3 is 2.81 bits per heavy atom. The smallest absolute Gasteiger partial charge is 0.267 e. The second kappa shape index (κ2) is 9.13. The van der Waals surface area contributed by atoms with Crippen LogP contribution in [0, 0.1) is 0 Å². The summed E-state index contributed by atoms with van der Waals surface area (Å²) in [6, 6.07) is 8.04. The molecule has 3 N–H and O–H groups in total. The molecule has 3 heterocycles. The van der Waals surface area contributed by atoms with Crippen molar-refractivity contribution in [3.63, 3.8) is 0 Å². The highest BCUT2D eigenvalue weighted by atomic mass is 16.5. The Labute approximate surface area is 180 Å². The van der Waals surface area contributed by atoms with Crippen LogP contribution >= 0.6 is 0 Å². The number of nitrogens with zero attached hydrogens (tertiary/aromatic N) is 5. The van der Waals surface area contributed by atoms with Crippen molar-refractivity contribution in [2.75, 3.05) is 23.3 Å². The molecule has 0 aliphatic carbocycles. The minimum absolute atomic E-state index is 0.249. The highest BCUT2D eigenvalue weighted by Gasteiger charge is 2.20. The first-order valence-electron chi connectivity index (χ1n) is 10.5. The van der Waals surface area contributed by atoms with Crippen LogP contribution < -0.4 is 15.7 Å². The largest absolute Gasteiger partial charge is 0.364 e. The number of hydrogen-bond donors (Lipinski definition) is 3. The van der Waals surface area contributed by atoms with Gasteiger partial charge in [-0.1, -0.05) is 18.2 Å². The highest BCUT2D eigenvalue weighted by molar-refractivity contribution is 5.90. The van der Waals surface area contributed by atoms with Crippen LogP contribution in [0.1, 0.15) is 43.9 Å². The molecule has 1 aliphatic rings. The van der Waals surface area contributed by atoms with E-state index in [1.807, 2.05) is 30.6 Å². The number of fused-ring (bicyclic) bond motifs is 1. The van der Waals surface area contributed by atoms with Crippen LogP contribution in [-0.4, -0.2) is 43.7 Å². The summed E-state index contributed by atoms with van der Waals surface area (Å²) in [4.78, 5) is 27.6. The molecule has 1 amide bonds. The van der Waals surface area contributed by atoms with Crippen LogP contribution in [0.25, 0.3) is 17.2 Å². The summed E-state index contributed by atoms with van der Waals surface area (Å²) in [6.45, 7) is 6.71. The van der Waals surface area contributed by atoms with Crippen LogP contribution in [0.2, 0.25) is 0 Å². The number of hydrogen-bond acceptors (Lipinski definition) is 7. The summed E-state index contributed by atoms with van der Waals surface area (Å²) in [6.07, 6.45) is 7.06. The van der Waals surface area contributed by atoms with Gasteiger partial charge in [0, 0.05) is 31.8 Å². The van der Waals surface area contributed by atoms with Crippen molar-refractivity contribution >= 4 is 34.9 Å². The van der Waals surface area contributed by atoms with Crippen LogP contribution in [0.15, 0.2) is 36.7 Å². The molecule has 31 heavy (non-hydrogen) atoms. The minimum Gasteiger partial charge on any atom is -0.364 e. The van der Waals surface area contributed by atoms with Gasteiger partial charge in [0.25, 0.3) is 5.91 Å². The van der Waals surface area contributed by atoms with Gasteiger partial charge >= 0.3 is 0 Å². The van der Waals surface area contributed by atoms with Crippen molar-refractivity contribution < 1.29 is 10.0 Å². The minimum atomic E-state index is -0.568. The molecule has 9 heteroatoms. The van der Waals surface area contributed by atoms with E-state index >= 15 is 0 Å². The Balaban J connectivity index is 1.61. The lowest BCUT2D eigenvalue weighted by atomic mass is 10.1. The number of benzene rings is 1. The number of carbonyl (C=O) groups excluding carboxylic acids is 1. The standard InChI is InChI=1S/C22H27N7O2/c1-15(2)29-14-24-19-20(25-22(26-21(19)29)28-10-3-4-11-28)23-13-17-7-5-6-16(12-17)8-9-18(30)27-31/h5-9,12,14-15,31H,3-4,10-11,13H2,1-2H3,(H,27,30)(H,23,25,26)/b9-8+. The van der Waals surface area contributed by atoms with E-state index in [-0.39, 0.29) is 6.04 Å². The Morgan fingerprint density at radius 1 is 1.26 bits per heavy atom. The molecule has 2 aromatic heterocycles. The average Bonchev–Trinajstić information content (AvgIpc) is 3.46. The van der Waals surface area contributed by atoms with E-state index in [0.29, 0.717) is 12.4 Å². The molecule has 1 aromatic carbocycles. The van der Waals surface area contributed by atoms with Gasteiger partial charge in [-0.15, -0.1) is 0 Å². The molecule has 0 unspecified atom stereocenters. The fraction of sp³-hybridized carbons (Fsp3) is 0.364. The molecule has 162 valence electrons. The van der Waals surface area contributed by atoms with Crippen LogP contribution in [0.4, 0.5) is 11.8 Å². The molecular formula is C22H27N7O2. The van der Waals surface area contributed by atoms with Gasteiger partial charge in [-0.3, -0.25) is 10.0 Å². The third-order valence-corrected chi connectivity index (χ3v) is 5.30. The third kappa shape index (κ3) is 4.66. The molecule has 0 radical (unpaired) electrons. The molecule has 3 aromatic rings. The van der Waals surface area contributed by atoms with Gasteiger partial charge in [-0.25, -0.2) is 10.5 Å². The fourth-order valence-corrected chi connectivity index (χ4v) is 3.67. The predicted octanol–water partition coefficient (Wildman–Crippen LogP) is 3.14. The lowest BCUT2D eigenvalue weighted by Gasteiger charge is -2.17. The molecule has 4 rings (SSSR count). The molecule has 1 saturated heterocycles. The molecule has 9 nitrogen and oxygen atoms in total. The first-order valence-corrected chi connectivity index (χ1v) is 10.5. The van der Waals surface area contributed by atoms with E-state index in [1.165, 1.54) is 6.08 Å². The average molecular weight is 422 g/mol. The number of anilines is 2. The third-order valence-electron chi connectivity index (χ3n) is 5.30. The van der Waals surface area contributed by atoms with Gasteiger partial charge in [-0.2, -0.15) is 9.97 Å². The molecule has 0 spiro atoms. The second-order valence-corrected chi connectivity index (χ2v) is 7.89. The quantitative estimate of drug-likeness (QED) is 0.305. The Kier molecular flexibility index (Phi) is 6.13. The number of hydroxylamine groups is 1. The highest BCUT2D eigenvalue weighted by Crippen LogP contribution is 2.26. The Bertz CT molecular complexity index is 1100. The van der Waals surface area contributed by atoms with Crippen LogP contribution in [0.5, 0.6) is 0 Å². The van der Waals surface area contributed by atoms with Crippen LogP contribution in [0.3, 0.4) is 0 Å². The maximum Gasteiger partial charge on any atom is 0.267 e. The molecule has 0 atom stereocenters. The first-order chi connectivity index (χ1) is 15.0. The second-order valence-electron chi connectivity index (χ2n) is 7.89. The molecule has 1 fully saturated rings. The number of amides is 1. The van der Waals surface area contributed by atoms with Crippen molar-refractivity contribution in [3.8, 4) is 0 Å². The van der Waals surface area contributed by atoms with Crippen molar-refractivity contribution in [2.45, 2.75) is 39.3 Å². The number of nitrogens with one attached hydrogen (secondary N) is 2. The van der Waals surface area contributed by atoms with Gasteiger partial charge in [-0.05, 0) is 50.0 Å². The van der Waals surface area contributed by atoms with Gasteiger partial charge in [0.2, 0.25) is 5.95 Å². The maximum atomic E-state index is 11.2. The number of imidazole rings is 1. The van der Waals surface area contributed by atoms with E-state index in [1.54, 1.807) is 11.6 Å². The lowest BCUT2D eigenvalue weighted by molar-refractivity contribution is -0.124. The maximum absolute atomic E-state index is 11.2. The van der Waals surface area contributed by atoms with Gasteiger partial charge < -0.3 is 14.8 Å². The summed E-state index contributed by atoms with van der Waals surface area (Å²) < 4.78 is 2.07. The normalized spacial score (nSPS) is 14.1. The zero-order valence-electron chi connectivity index (χ0n) is 17.7. The topological polar surface area (TPSA) is 108 Å². The number of rotatable bonds is 7. The van der Waals surface area contributed by atoms with Crippen molar-refractivity contribution in [1.29, 1.82) is 0 Å². The van der Waals surface area contributed by atoms with Gasteiger partial charge in [0.15, 0.2) is 17.0 Å². The van der Waals surface area contributed by atoms with Crippen molar-refractivity contribution in [1.82, 2.24) is 25.0 Å². The van der Waals surface area contributed by atoms with E-state index in [4.69, 9.17) is 15.2 Å². The zero-order valence-corrected chi connectivity index (χ0v) is 17.7. The number of aromatic nitrogens is 4. The Morgan fingerprint density at radius 2 is 2.06 bits per heavy atom. The summed E-state index contributed by atoms with van der Waals surface area (Å²) in [5.41, 5.74) is 5.07. The van der Waals surface area contributed by atoms with Crippen molar-refractivity contribution in [2.24, 2.45) is 0 Å². The van der Waals surface area contributed by atoms with E-state index in [0.717, 1.165) is 54.2 Å². The summed E-state index contributed by atoms with van der Waals surface area (Å²) in [5.74, 6) is 0.885. The monoisotopic (exact) mass is 421 g/mol. The lowest BCUT2D eigenvalue weighted by Crippen LogP contribution is -2.21. The van der Waals surface area contributed by atoms with E-state index in [2.05, 4.69) is 33.6 Å². The SMILES string of the molecule is CC(C)n1cnc2c(NCc3cccc(/C=C/C(=O)NO)c3)nc(N3CCCC3)nc21. The van der Waals surface area contributed by atoms with E-state index < -0.39 is 5.91 Å². The van der Waals surface area contributed by atoms with Gasteiger partial charge in [0.05, 0.1) is 6.33 Å². The molecule has 0 bridgehead atoms. The summed E-state index contributed by atoms with van der Waals surface area (Å²) in [7, 11) is 0. The zero-order chi connectivity index (χ0) is 21.8. The fourth-order valence-electron chi connectivity index (χ4n) is 3.67. The van der Waals surface area contributed by atoms with Crippen LogP contribution in [-0.2, 0) is 11.3 Å². The number of carbonyl (C=O) groups is 1.